The Morgan fingerprint density at radius 2 is 2.09 bits per heavy atom. The molecule has 0 fully saturated rings. The van der Waals surface area contributed by atoms with Crippen LogP contribution in [0, 0.1) is 0 Å². The quantitative estimate of drug-likeness (QED) is 0.908. The Labute approximate surface area is 143 Å². The fourth-order valence-corrected chi connectivity index (χ4v) is 3.16. The average Bonchev–Trinajstić information content (AvgIpc) is 2.54. The number of rotatable bonds is 5. The minimum absolute atomic E-state index is 0.202. The van der Waals surface area contributed by atoms with Crippen LogP contribution >= 0.6 is 11.6 Å². The first-order valence-corrected chi connectivity index (χ1v) is 8.40. The topological polar surface area (TPSA) is 24.5 Å². The van der Waals surface area contributed by atoms with Crippen LogP contribution in [0.4, 0.5) is 0 Å². The van der Waals surface area contributed by atoms with Gasteiger partial charge in [0, 0.05) is 18.1 Å². The van der Waals surface area contributed by atoms with Gasteiger partial charge in [-0.1, -0.05) is 29.8 Å². The lowest BCUT2D eigenvalue weighted by atomic mass is 9.90. The zero-order valence-electron chi connectivity index (χ0n) is 13.7. The van der Waals surface area contributed by atoms with Crippen LogP contribution in [0.5, 0.6) is 5.75 Å². The Bertz CT molecular complexity index is 672. The molecule has 4 heteroatoms. The number of nitrogens with zero attached hydrogens (tertiary/aromatic N) is 1. The molecule has 0 aromatic heterocycles. The Kier molecular flexibility index (Phi) is 5.21. The highest BCUT2D eigenvalue weighted by atomic mass is 35.5. The van der Waals surface area contributed by atoms with Crippen molar-refractivity contribution in [3.63, 3.8) is 0 Å². The van der Waals surface area contributed by atoms with Gasteiger partial charge in [0.2, 0.25) is 0 Å². The van der Waals surface area contributed by atoms with Gasteiger partial charge in [-0.2, -0.15) is 0 Å². The molecule has 2 aromatic carbocycles. The van der Waals surface area contributed by atoms with Crippen molar-refractivity contribution in [3.8, 4) is 5.75 Å². The van der Waals surface area contributed by atoms with Gasteiger partial charge in [0.05, 0.1) is 6.04 Å². The first kappa shape index (κ1) is 16.3. The summed E-state index contributed by atoms with van der Waals surface area (Å²) in [5.41, 5.74) is 3.88. The molecule has 3 rings (SSSR count). The summed E-state index contributed by atoms with van der Waals surface area (Å²) >= 11 is 6.15. The maximum atomic E-state index is 6.15. The van der Waals surface area contributed by atoms with Gasteiger partial charge in [-0.25, -0.2) is 0 Å². The maximum Gasteiger partial charge on any atom is 0.119 e. The van der Waals surface area contributed by atoms with Gasteiger partial charge in [0.25, 0.3) is 0 Å². The van der Waals surface area contributed by atoms with E-state index in [4.69, 9.17) is 16.3 Å². The van der Waals surface area contributed by atoms with Crippen LogP contribution in [-0.4, -0.2) is 38.7 Å². The predicted molar refractivity (Wildman–Crippen MR) is 95.5 cm³/mol. The van der Waals surface area contributed by atoms with E-state index in [0.29, 0.717) is 6.61 Å². The molecule has 0 radical (unpaired) electrons. The number of ether oxygens (including phenoxy) is 1. The van der Waals surface area contributed by atoms with Crippen molar-refractivity contribution in [1.82, 2.24) is 10.2 Å². The van der Waals surface area contributed by atoms with Crippen LogP contribution in [0.25, 0.3) is 0 Å². The second-order valence-electron chi connectivity index (χ2n) is 6.20. The monoisotopic (exact) mass is 330 g/mol. The third kappa shape index (κ3) is 4.05. The highest BCUT2D eigenvalue weighted by molar-refractivity contribution is 6.30. The summed E-state index contributed by atoms with van der Waals surface area (Å²) in [4.78, 5) is 2.12. The first-order valence-electron chi connectivity index (χ1n) is 8.02. The van der Waals surface area contributed by atoms with Gasteiger partial charge in [-0.15, -0.1) is 0 Å². The molecule has 0 bridgehead atoms. The zero-order chi connectivity index (χ0) is 16.2. The maximum absolute atomic E-state index is 6.15. The normalized spacial score (nSPS) is 17.1. The SMILES string of the molecule is CN(C)CCOc1ccc2c(c1)CCNC2c1cccc(Cl)c1. The van der Waals surface area contributed by atoms with E-state index in [1.54, 1.807) is 0 Å². The minimum atomic E-state index is 0.202. The van der Waals surface area contributed by atoms with E-state index in [2.05, 4.69) is 48.6 Å². The van der Waals surface area contributed by atoms with E-state index < -0.39 is 0 Å². The van der Waals surface area contributed by atoms with E-state index in [9.17, 15) is 0 Å². The summed E-state index contributed by atoms with van der Waals surface area (Å²) in [6.45, 7) is 2.59. The van der Waals surface area contributed by atoms with Gasteiger partial charge in [0.15, 0.2) is 0 Å². The summed E-state index contributed by atoms with van der Waals surface area (Å²) in [6.07, 6.45) is 1.03. The molecule has 1 atom stereocenters. The number of likely N-dealkylation sites (N-methyl/N-ethyl adjacent to an activating group) is 1. The van der Waals surface area contributed by atoms with E-state index in [-0.39, 0.29) is 6.04 Å². The smallest absolute Gasteiger partial charge is 0.119 e. The molecule has 122 valence electrons. The lowest BCUT2D eigenvalue weighted by molar-refractivity contribution is 0.261. The highest BCUT2D eigenvalue weighted by Gasteiger charge is 2.21. The molecule has 0 spiro atoms. The number of nitrogens with one attached hydrogen (secondary N) is 1. The molecular weight excluding hydrogens is 308 g/mol. The fraction of sp³-hybridized carbons (Fsp3) is 0.368. The molecule has 0 amide bonds. The standard InChI is InChI=1S/C19H23ClN2O/c1-22(2)10-11-23-17-6-7-18-14(13-17)8-9-21-19(18)15-4-3-5-16(20)12-15/h3-7,12-13,19,21H,8-11H2,1-2H3. The third-order valence-electron chi connectivity index (χ3n) is 4.16. The van der Waals surface area contributed by atoms with E-state index in [0.717, 1.165) is 30.3 Å². The summed E-state index contributed by atoms with van der Waals surface area (Å²) < 4.78 is 5.86. The second kappa shape index (κ2) is 7.35. The lowest BCUT2D eigenvalue weighted by Crippen LogP contribution is -2.30. The first-order chi connectivity index (χ1) is 11.1. The van der Waals surface area contributed by atoms with Crippen LogP contribution in [-0.2, 0) is 6.42 Å². The Hall–Kier alpha value is -1.55. The number of halogens is 1. The predicted octanol–water partition coefficient (Wildman–Crippen LogP) is 3.52. The number of hydrogen-bond donors (Lipinski definition) is 1. The second-order valence-corrected chi connectivity index (χ2v) is 6.64. The molecule has 0 saturated carbocycles. The van der Waals surface area contributed by atoms with Gasteiger partial charge in [-0.05, 0) is 61.5 Å². The van der Waals surface area contributed by atoms with Gasteiger partial charge < -0.3 is 15.0 Å². The van der Waals surface area contributed by atoms with Crippen molar-refractivity contribution < 1.29 is 4.74 Å². The summed E-state index contributed by atoms with van der Waals surface area (Å²) in [5.74, 6) is 0.956. The molecule has 0 aliphatic carbocycles. The van der Waals surface area contributed by atoms with Crippen molar-refractivity contribution in [2.24, 2.45) is 0 Å². The van der Waals surface area contributed by atoms with Crippen molar-refractivity contribution in [2.45, 2.75) is 12.5 Å². The molecule has 23 heavy (non-hydrogen) atoms. The van der Waals surface area contributed by atoms with Crippen molar-refractivity contribution in [2.75, 3.05) is 33.8 Å². The van der Waals surface area contributed by atoms with Crippen molar-refractivity contribution >= 4 is 11.6 Å². The Morgan fingerprint density at radius 1 is 1.22 bits per heavy atom. The molecule has 1 N–H and O–H groups in total. The molecule has 0 saturated heterocycles. The van der Waals surface area contributed by atoms with Crippen molar-refractivity contribution in [3.05, 3.63) is 64.2 Å². The minimum Gasteiger partial charge on any atom is -0.492 e. The van der Waals surface area contributed by atoms with Gasteiger partial charge in [-0.3, -0.25) is 0 Å². The summed E-state index contributed by atoms with van der Waals surface area (Å²) in [6, 6.07) is 14.7. The lowest BCUT2D eigenvalue weighted by Gasteiger charge is -2.28. The number of hydrogen-bond acceptors (Lipinski definition) is 3. The zero-order valence-corrected chi connectivity index (χ0v) is 14.4. The summed E-state index contributed by atoms with van der Waals surface area (Å²) in [7, 11) is 4.11. The third-order valence-corrected chi connectivity index (χ3v) is 4.39. The molecule has 2 aromatic rings. The van der Waals surface area contributed by atoms with E-state index in [1.165, 1.54) is 16.7 Å². The molecular formula is C19H23ClN2O. The van der Waals surface area contributed by atoms with Gasteiger partial charge in [0.1, 0.15) is 12.4 Å². The van der Waals surface area contributed by atoms with Crippen LogP contribution in [0.15, 0.2) is 42.5 Å². The van der Waals surface area contributed by atoms with Crippen LogP contribution in [0.2, 0.25) is 5.02 Å². The Balaban J connectivity index is 1.80. The number of benzene rings is 2. The van der Waals surface area contributed by atoms with Crippen molar-refractivity contribution in [1.29, 1.82) is 0 Å². The van der Waals surface area contributed by atoms with Crippen LogP contribution in [0.1, 0.15) is 22.7 Å². The molecule has 3 nitrogen and oxygen atoms in total. The summed E-state index contributed by atoms with van der Waals surface area (Å²) in [5, 5.41) is 4.37. The highest BCUT2D eigenvalue weighted by Crippen LogP contribution is 2.32. The average molecular weight is 331 g/mol. The van der Waals surface area contributed by atoms with Crippen LogP contribution < -0.4 is 10.1 Å². The molecule has 1 aliphatic rings. The Morgan fingerprint density at radius 3 is 2.87 bits per heavy atom. The van der Waals surface area contributed by atoms with E-state index >= 15 is 0 Å². The number of fused-ring (bicyclic) bond motifs is 1. The molecule has 1 heterocycles. The van der Waals surface area contributed by atoms with Gasteiger partial charge >= 0.3 is 0 Å². The van der Waals surface area contributed by atoms with E-state index in [1.807, 2.05) is 18.2 Å². The van der Waals surface area contributed by atoms with Crippen LogP contribution in [0.3, 0.4) is 0 Å². The molecule has 1 aliphatic heterocycles. The molecule has 1 unspecified atom stereocenters. The largest absolute Gasteiger partial charge is 0.492 e. The fourth-order valence-electron chi connectivity index (χ4n) is 2.96.